The maximum absolute atomic E-state index is 13.1. The molecule has 0 unspecified atom stereocenters. The van der Waals surface area contributed by atoms with Crippen molar-refractivity contribution in [1.82, 2.24) is 25.6 Å². The predicted molar refractivity (Wildman–Crippen MR) is 121 cm³/mol. The number of methoxy groups -OCH3 is 1. The van der Waals surface area contributed by atoms with Crippen molar-refractivity contribution in [2.24, 2.45) is 0 Å². The van der Waals surface area contributed by atoms with Gasteiger partial charge < -0.3 is 10.1 Å². The van der Waals surface area contributed by atoms with E-state index in [1.54, 1.807) is 25.1 Å². The summed E-state index contributed by atoms with van der Waals surface area (Å²) in [5.74, 6) is -1.07. The number of benzene rings is 1. The highest BCUT2D eigenvalue weighted by Crippen LogP contribution is 2.27. The Kier molecular flexibility index (Phi) is 7.33. The van der Waals surface area contributed by atoms with E-state index in [4.69, 9.17) is 23.2 Å². The van der Waals surface area contributed by atoms with E-state index in [-0.39, 0.29) is 32.8 Å². The minimum atomic E-state index is -0.872. The number of anilines is 1. The van der Waals surface area contributed by atoms with E-state index >= 15 is 0 Å². The van der Waals surface area contributed by atoms with Crippen LogP contribution < -0.4 is 16.2 Å². The van der Waals surface area contributed by atoms with Gasteiger partial charge in [0.2, 0.25) is 0 Å². The van der Waals surface area contributed by atoms with Crippen molar-refractivity contribution in [3.63, 3.8) is 0 Å². The Hall–Kier alpha value is -3.15. The molecule has 10 nitrogen and oxygen atoms in total. The minimum Gasteiger partial charge on any atom is -0.452 e. The number of carbonyl (C=O) groups excluding carboxylic acids is 3. The van der Waals surface area contributed by atoms with E-state index in [0.29, 0.717) is 10.2 Å². The highest BCUT2D eigenvalue weighted by molar-refractivity contribution is 9.10. The summed E-state index contributed by atoms with van der Waals surface area (Å²) in [5.41, 5.74) is 5.05. The first-order chi connectivity index (χ1) is 15.2. The Morgan fingerprint density at radius 3 is 2.56 bits per heavy atom. The topological polar surface area (TPSA) is 127 Å². The largest absolute Gasteiger partial charge is 0.452 e. The number of amides is 3. The summed E-state index contributed by atoms with van der Waals surface area (Å²) in [4.78, 5) is 41.2. The second kappa shape index (κ2) is 9.98. The quantitative estimate of drug-likeness (QED) is 0.430. The number of hydrogen-bond acceptors (Lipinski definition) is 6. The minimum absolute atomic E-state index is 0.0146. The number of hydrazine groups is 1. The van der Waals surface area contributed by atoms with Gasteiger partial charge in [-0.1, -0.05) is 23.2 Å². The Morgan fingerprint density at radius 2 is 1.88 bits per heavy atom. The molecule has 0 aliphatic rings. The Balaban J connectivity index is 1.96. The average molecular weight is 542 g/mol. The molecule has 13 heteroatoms. The third-order valence-corrected chi connectivity index (χ3v) is 5.00. The van der Waals surface area contributed by atoms with Gasteiger partial charge in [-0.25, -0.2) is 19.9 Å². The molecule has 0 fully saturated rings. The third kappa shape index (κ3) is 5.18. The number of carbonyl (C=O) groups is 3. The van der Waals surface area contributed by atoms with Crippen LogP contribution in [-0.2, 0) is 4.74 Å². The lowest BCUT2D eigenvalue weighted by molar-refractivity contribution is 0.0921. The normalized spacial score (nSPS) is 10.4. The van der Waals surface area contributed by atoms with Crippen LogP contribution in [0.4, 0.5) is 10.5 Å². The highest BCUT2D eigenvalue weighted by atomic mass is 79.9. The smallest absolute Gasteiger partial charge is 0.425 e. The number of aryl methyl sites for hydroxylation is 1. The molecule has 3 amide bonds. The van der Waals surface area contributed by atoms with E-state index in [0.717, 1.165) is 7.11 Å². The maximum Gasteiger partial charge on any atom is 0.425 e. The summed E-state index contributed by atoms with van der Waals surface area (Å²) in [6.45, 7) is 1.66. The second-order valence-electron chi connectivity index (χ2n) is 6.24. The lowest BCUT2D eigenvalue weighted by atomic mass is 10.1. The zero-order valence-electron chi connectivity index (χ0n) is 16.6. The van der Waals surface area contributed by atoms with Gasteiger partial charge in [0.1, 0.15) is 10.3 Å². The van der Waals surface area contributed by atoms with Crippen LogP contribution in [-0.4, -0.2) is 39.8 Å². The van der Waals surface area contributed by atoms with Gasteiger partial charge >= 0.3 is 6.09 Å². The van der Waals surface area contributed by atoms with Crippen LogP contribution in [0.2, 0.25) is 10.0 Å². The van der Waals surface area contributed by atoms with Crippen LogP contribution in [0.3, 0.4) is 0 Å². The second-order valence-corrected chi connectivity index (χ2v) is 7.90. The molecule has 0 bridgehead atoms. The number of pyridine rings is 1. The summed E-state index contributed by atoms with van der Waals surface area (Å²) in [6.07, 6.45) is 0.641. The standard InChI is InChI=1S/C19H15BrCl2N6O4/c1-9-6-10(21)7-11(17(29)25-26-19(31)32-2)15(9)24-18(30)13-8-14(20)27-28(13)16-12(22)4-3-5-23-16/h3-8H,1-2H3,(H,24,30)(H,25,29)(H,26,31). The van der Waals surface area contributed by atoms with Gasteiger partial charge in [-0.2, -0.15) is 5.10 Å². The molecule has 3 rings (SSSR count). The molecule has 2 aromatic heterocycles. The van der Waals surface area contributed by atoms with E-state index in [1.807, 2.05) is 0 Å². The number of hydrogen-bond donors (Lipinski definition) is 3. The number of nitrogens with one attached hydrogen (secondary N) is 3. The molecule has 0 saturated carbocycles. The summed E-state index contributed by atoms with van der Waals surface area (Å²) in [7, 11) is 1.14. The SMILES string of the molecule is COC(=O)NNC(=O)c1cc(Cl)cc(C)c1NC(=O)c1cc(Br)nn1-c1ncccc1Cl. The van der Waals surface area contributed by atoms with E-state index < -0.39 is 17.9 Å². The molecule has 3 aromatic rings. The first-order valence-corrected chi connectivity index (χ1v) is 10.4. The monoisotopic (exact) mass is 540 g/mol. The molecule has 0 atom stereocenters. The summed E-state index contributed by atoms with van der Waals surface area (Å²) in [5, 5.41) is 7.46. The predicted octanol–water partition coefficient (Wildman–Crippen LogP) is 3.90. The van der Waals surface area contributed by atoms with Crippen molar-refractivity contribution >= 4 is 62.7 Å². The summed E-state index contributed by atoms with van der Waals surface area (Å²) >= 11 is 15.5. The molecular weight excluding hydrogens is 527 g/mol. The summed E-state index contributed by atoms with van der Waals surface area (Å²) in [6, 6.07) is 7.66. The fraction of sp³-hybridized carbons (Fsp3) is 0.105. The lowest BCUT2D eigenvalue weighted by Crippen LogP contribution is -2.41. The number of rotatable bonds is 4. The van der Waals surface area contributed by atoms with Crippen LogP contribution in [0.1, 0.15) is 26.4 Å². The van der Waals surface area contributed by atoms with Crippen LogP contribution >= 0.6 is 39.1 Å². The summed E-state index contributed by atoms with van der Waals surface area (Å²) < 4.78 is 6.05. The third-order valence-electron chi connectivity index (χ3n) is 4.10. The molecule has 32 heavy (non-hydrogen) atoms. The zero-order chi connectivity index (χ0) is 23.4. The van der Waals surface area contributed by atoms with Gasteiger partial charge in [0.25, 0.3) is 11.8 Å². The van der Waals surface area contributed by atoms with Crippen LogP contribution in [0.25, 0.3) is 5.82 Å². The number of halogens is 3. The Morgan fingerprint density at radius 1 is 1.12 bits per heavy atom. The fourth-order valence-corrected chi connectivity index (χ4v) is 3.55. The molecule has 166 valence electrons. The molecular formula is C19H15BrCl2N6O4. The first-order valence-electron chi connectivity index (χ1n) is 8.83. The van der Waals surface area contributed by atoms with Crippen LogP contribution in [0, 0.1) is 6.92 Å². The van der Waals surface area contributed by atoms with Gasteiger partial charge in [-0.05, 0) is 52.7 Å². The molecule has 0 radical (unpaired) electrons. The van der Waals surface area contributed by atoms with Gasteiger partial charge in [-0.15, -0.1) is 0 Å². The Bertz CT molecular complexity index is 1220. The number of aromatic nitrogens is 3. The molecule has 1 aromatic carbocycles. The van der Waals surface area contributed by atoms with E-state index in [2.05, 4.69) is 46.9 Å². The molecule has 3 N–H and O–H groups in total. The van der Waals surface area contributed by atoms with Crippen molar-refractivity contribution in [1.29, 1.82) is 0 Å². The van der Waals surface area contributed by atoms with Crippen LogP contribution in [0.15, 0.2) is 41.1 Å². The lowest BCUT2D eigenvalue weighted by Gasteiger charge is -2.15. The maximum atomic E-state index is 13.1. The van der Waals surface area contributed by atoms with Crippen molar-refractivity contribution < 1.29 is 19.1 Å². The molecule has 0 saturated heterocycles. The van der Waals surface area contributed by atoms with E-state index in [9.17, 15) is 14.4 Å². The number of nitrogens with zero attached hydrogens (tertiary/aromatic N) is 3. The van der Waals surface area contributed by atoms with E-state index in [1.165, 1.54) is 23.0 Å². The zero-order valence-corrected chi connectivity index (χ0v) is 19.7. The molecule has 0 aliphatic carbocycles. The van der Waals surface area contributed by atoms with Crippen molar-refractivity contribution in [2.75, 3.05) is 12.4 Å². The van der Waals surface area contributed by atoms with Gasteiger partial charge in [0, 0.05) is 17.3 Å². The number of ether oxygens (including phenoxy) is 1. The molecule has 2 heterocycles. The van der Waals surface area contributed by atoms with Crippen molar-refractivity contribution in [2.45, 2.75) is 6.92 Å². The first kappa shape index (κ1) is 23.5. The fourth-order valence-electron chi connectivity index (χ4n) is 2.70. The molecule has 0 spiro atoms. The highest BCUT2D eigenvalue weighted by Gasteiger charge is 2.22. The average Bonchev–Trinajstić information content (AvgIpc) is 3.15. The Labute approximate surface area is 200 Å². The van der Waals surface area contributed by atoms with Crippen LogP contribution in [0.5, 0.6) is 0 Å². The molecule has 0 aliphatic heterocycles. The van der Waals surface area contributed by atoms with Gasteiger partial charge in [0.05, 0.1) is 23.4 Å². The van der Waals surface area contributed by atoms with Crippen molar-refractivity contribution in [3.05, 3.63) is 68.0 Å². The van der Waals surface area contributed by atoms with Gasteiger partial charge in [-0.3, -0.25) is 15.0 Å². The van der Waals surface area contributed by atoms with Gasteiger partial charge in [0.15, 0.2) is 5.82 Å². The van der Waals surface area contributed by atoms with Crippen molar-refractivity contribution in [3.8, 4) is 5.82 Å².